The van der Waals surface area contributed by atoms with Gasteiger partial charge in [-0.05, 0) is 30.4 Å². The fourth-order valence-electron chi connectivity index (χ4n) is 1.77. The number of aromatic nitrogens is 2. The molecule has 0 saturated carbocycles. The van der Waals surface area contributed by atoms with Gasteiger partial charge in [0.15, 0.2) is 0 Å². The minimum atomic E-state index is 0.489. The molecular weight excluding hydrogens is 196 g/mol. The van der Waals surface area contributed by atoms with Crippen molar-refractivity contribution in [2.75, 3.05) is 0 Å². The molecule has 1 heterocycles. The van der Waals surface area contributed by atoms with E-state index in [4.69, 9.17) is 0 Å². The van der Waals surface area contributed by atoms with Crippen molar-refractivity contribution < 1.29 is 0 Å². The summed E-state index contributed by atoms with van der Waals surface area (Å²) >= 11 is 0. The van der Waals surface area contributed by atoms with E-state index in [1.54, 1.807) is 12.5 Å². The third-order valence-corrected chi connectivity index (χ3v) is 2.82. The van der Waals surface area contributed by atoms with Crippen molar-refractivity contribution in [2.45, 2.75) is 25.7 Å². The molecule has 1 aromatic carbocycles. The van der Waals surface area contributed by atoms with E-state index >= 15 is 0 Å². The Morgan fingerprint density at radius 2 is 1.94 bits per heavy atom. The van der Waals surface area contributed by atoms with Crippen LogP contribution in [0.25, 0.3) is 0 Å². The molecule has 1 atom stereocenters. The fourth-order valence-corrected chi connectivity index (χ4v) is 1.77. The summed E-state index contributed by atoms with van der Waals surface area (Å²) in [4.78, 5) is 8.21. The van der Waals surface area contributed by atoms with Gasteiger partial charge in [-0.3, -0.25) is 0 Å². The van der Waals surface area contributed by atoms with Gasteiger partial charge in [0.2, 0.25) is 0 Å². The Bertz CT molecular complexity index is 411. The molecule has 1 aromatic heterocycles. The molecule has 2 rings (SSSR count). The summed E-state index contributed by atoms with van der Waals surface area (Å²) in [5, 5.41) is 0. The summed E-state index contributed by atoms with van der Waals surface area (Å²) in [7, 11) is 0. The van der Waals surface area contributed by atoms with E-state index in [2.05, 4.69) is 47.2 Å². The van der Waals surface area contributed by atoms with E-state index < -0.39 is 0 Å². The molecule has 0 aliphatic rings. The van der Waals surface area contributed by atoms with Crippen LogP contribution in [0.4, 0.5) is 0 Å². The Labute approximate surface area is 96.4 Å². The first-order chi connectivity index (χ1) is 7.86. The Hall–Kier alpha value is -1.70. The van der Waals surface area contributed by atoms with Crippen LogP contribution in [0.5, 0.6) is 0 Å². The second-order valence-corrected chi connectivity index (χ2v) is 4.06. The van der Waals surface area contributed by atoms with Gasteiger partial charge in [0.1, 0.15) is 6.33 Å². The van der Waals surface area contributed by atoms with Crippen molar-refractivity contribution in [1.82, 2.24) is 9.97 Å². The van der Waals surface area contributed by atoms with Gasteiger partial charge in [0.25, 0.3) is 0 Å². The van der Waals surface area contributed by atoms with E-state index in [1.165, 1.54) is 5.56 Å². The number of aryl methyl sites for hydroxylation is 1. The summed E-state index contributed by atoms with van der Waals surface area (Å²) in [5.74, 6) is 0.489. The van der Waals surface area contributed by atoms with Crippen molar-refractivity contribution in [2.24, 2.45) is 0 Å². The van der Waals surface area contributed by atoms with Gasteiger partial charge in [-0.15, -0.1) is 0 Å². The van der Waals surface area contributed by atoms with Crippen LogP contribution >= 0.6 is 0 Å². The van der Waals surface area contributed by atoms with E-state index in [-0.39, 0.29) is 0 Å². The molecule has 0 fully saturated rings. The molecule has 0 aliphatic heterocycles. The minimum absolute atomic E-state index is 0.489. The van der Waals surface area contributed by atoms with Gasteiger partial charge in [-0.2, -0.15) is 0 Å². The summed E-state index contributed by atoms with van der Waals surface area (Å²) < 4.78 is 0. The molecule has 2 aromatic rings. The lowest BCUT2D eigenvalue weighted by Gasteiger charge is -2.09. The third-order valence-electron chi connectivity index (χ3n) is 2.82. The molecule has 0 aliphatic carbocycles. The van der Waals surface area contributed by atoms with Gasteiger partial charge in [-0.1, -0.05) is 37.3 Å². The Kier molecular flexibility index (Phi) is 3.65. The van der Waals surface area contributed by atoms with Crippen LogP contribution in [0.15, 0.2) is 48.9 Å². The number of rotatable bonds is 4. The predicted molar refractivity (Wildman–Crippen MR) is 65.2 cm³/mol. The molecule has 0 N–H and O–H groups in total. The highest BCUT2D eigenvalue weighted by Gasteiger charge is 2.06. The van der Waals surface area contributed by atoms with Crippen LogP contribution in [0.3, 0.4) is 0 Å². The molecule has 16 heavy (non-hydrogen) atoms. The molecule has 0 bridgehead atoms. The van der Waals surface area contributed by atoms with Gasteiger partial charge in [0, 0.05) is 11.9 Å². The zero-order valence-electron chi connectivity index (χ0n) is 9.50. The maximum atomic E-state index is 4.28. The van der Waals surface area contributed by atoms with Crippen molar-refractivity contribution >= 4 is 0 Å². The smallest absolute Gasteiger partial charge is 0.115 e. The van der Waals surface area contributed by atoms with Crippen LogP contribution < -0.4 is 0 Å². The zero-order valence-corrected chi connectivity index (χ0v) is 9.50. The Balaban J connectivity index is 1.92. The van der Waals surface area contributed by atoms with Crippen molar-refractivity contribution in [1.29, 1.82) is 0 Å². The number of hydrogen-bond acceptors (Lipinski definition) is 2. The minimum Gasteiger partial charge on any atom is -0.245 e. The van der Waals surface area contributed by atoms with Gasteiger partial charge in [0.05, 0.1) is 0 Å². The van der Waals surface area contributed by atoms with Crippen LogP contribution in [-0.4, -0.2) is 9.97 Å². The zero-order chi connectivity index (χ0) is 11.2. The van der Waals surface area contributed by atoms with Crippen molar-refractivity contribution in [3.05, 3.63) is 60.2 Å². The second-order valence-electron chi connectivity index (χ2n) is 4.06. The Morgan fingerprint density at radius 1 is 1.12 bits per heavy atom. The average molecular weight is 212 g/mol. The highest BCUT2D eigenvalue weighted by molar-refractivity contribution is 5.15. The maximum Gasteiger partial charge on any atom is 0.115 e. The van der Waals surface area contributed by atoms with E-state index in [0.717, 1.165) is 18.5 Å². The Morgan fingerprint density at radius 3 is 2.62 bits per heavy atom. The summed E-state index contributed by atoms with van der Waals surface area (Å²) in [6.45, 7) is 2.21. The average Bonchev–Trinajstić information content (AvgIpc) is 2.38. The molecule has 0 spiro atoms. The first-order valence-corrected chi connectivity index (χ1v) is 5.66. The lowest BCUT2D eigenvalue weighted by Crippen LogP contribution is -1.99. The number of hydrogen-bond donors (Lipinski definition) is 0. The van der Waals surface area contributed by atoms with E-state index in [9.17, 15) is 0 Å². The van der Waals surface area contributed by atoms with Crippen molar-refractivity contribution in [3.8, 4) is 0 Å². The van der Waals surface area contributed by atoms with E-state index in [1.807, 2.05) is 6.07 Å². The van der Waals surface area contributed by atoms with Crippen LogP contribution in [0.2, 0.25) is 0 Å². The lowest BCUT2D eigenvalue weighted by atomic mass is 9.98. The first kappa shape index (κ1) is 10.8. The number of benzene rings is 1. The van der Waals surface area contributed by atoms with Crippen LogP contribution in [0.1, 0.15) is 30.5 Å². The standard InChI is InChI=1S/C14H16N2/c1-12(14-9-10-15-11-16-14)7-8-13-5-3-2-4-6-13/h2-6,9-12H,7-8H2,1H3. The quantitative estimate of drug-likeness (QED) is 0.777. The predicted octanol–water partition coefficient (Wildman–Crippen LogP) is 3.21. The SMILES string of the molecule is CC(CCc1ccccc1)c1ccncn1. The maximum absolute atomic E-state index is 4.28. The fraction of sp³-hybridized carbons (Fsp3) is 0.286. The summed E-state index contributed by atoms with van der Waals surface area (Å²) in [6.07, 6.45) is 5.66. The second kappa shape index (κ2) is 5.40. The molecule has 0 radical (unpaired) electrons. The van der Waals surface area contributed by atoms with Gasteiger partial charge < -0.3 is 0 Å². The van der Waals surface area contributed by atoms with E-state index in [0.29, 0.717) is 5.92 Å². The summed E-state index contributed by atoms with van der Waals surface area (Å²) in [6, 6.07) is 12.6. The topological polar surface area (TPSA) is 25.8 Å². The summed E-state index contributed by atoms with van der Waals surface area (Å²) in [5.41, 5.74) is 2.52. The molecule has 2 heteroatoms. The highest BCUT2D eigenvalue weighted by atomic mass is 14.8. The first-order valence-electron chi connectivity index (χ1n) is 5.66. The van der Waals surface area contributed by atoms with Crippen LogP contribution in [-0.2, 0) is 6.42 Å². The molecule has 1 unspecified atom stereocenters. The highest BCUT2D eigenvalue weighted by Crippen LogP contribution is 2.18. The van der Waals surface area contributed by atoms with Crippen molar-refractivity contribution in [3.63, 3.8) is 0 Å². The van der Waals surface area contributed by atoms with Gasteiger partial charge in [-0.25, -0.2) is 9.97 Å². The van der Waals surface area contributed by atoms with Gasteiger partial charge >= 0.3 is 0 Å². The molecule has 0 saturated heterocycles. The molecule has 0 amide bonds. The normalized spacial score (nSPS) is 12.3. The number of nitrogens with zero attached hydrogens (tertiary/aromatic N) is 2. The lowest BCUT2D eigenvalue weighted by molar-refractivity contribution is 0.658. The largest absolute Gasteiger partial charge is 0.245 e. The third kappa shape index (κ3) is 2.89. The monoisotopic (exact) mass is 212 g/mol. The molecule has 2 nitrogen and oxygen atoms in total. The molecule has 82 valence electrons. The van der Waals surface area contributed by atoms with Crippen LogP contribution in [0, 0.1) is 0 Å². The molecular formula is C14H16N2.